The molecule has 1 aromatic rings. The number of hydroxylamine groups is 1. The predicted molar refractivity (Wildman–Crippen MR) is 66.1 cm³/mol. The van der Waals surface area contributed by atoms with Crippen LogP contribution < -0.4 is 0 Å². The van der Waals surface area contributed by atoms with E-state index in [0.29, 0.717) is 8.94 Å². The Morgan fingerprint density at radius 3 is 2.12 bits per heavy atom. The van der Waals surface area contributed by atoms with Crippen LogP contribution >= 0.6 is 39.1 Å². The maximum Gasteiger partial charge on any atom is 0.267 e. The van der Waals surface area contributed by atoms with Gasteiger partial charge in [-0.15, -0.1) is 0 Å². The fourth-order valence-electron chi connectivity index (χ4n) is 1.00. The lowest BCUT2D eigenvalue weighted by molar-refractivity contribution is -0.0258. The van der Waals surface area contributed by atoms with E-state index in [1.165, 1.54) is 26.3 Å². The highest BCUT2D eigenvalue weighted by Crippen LogP contribution is 2.34. The minimum Gasteiger partial charge on any atom is -0.288 e. The van der Waals surface area contributed by atoms with Gasteiger partial charge in [0.15, 0.2) is 0 Å². The van der Waals surface area contributed by atoms with E-state index in [4.69, 9.17) is 23.2 Å². The summed E-state index contributed by atoms with van der Waals surface area (Å²) >= 11 is 14.8. The SMILES string of the molecule is CON(C)S(=O)(=O)c1c(Cl)cc(Br)cc1Cl. The molecule has 0 aromatic heterocycles. The molecule has 0 atom stereocenters. The summed E-state index contributed by atoms with van der Waals surface area (Å²) in [6.45, 7) is 0. The summed E-state index contributed by atoms with van der Waals surface area (Å²) in [5.41, 5.74) is 0. The Morgan fingerprint density at radius 2 is 1.75 bits per heavy atom. The van der Waals surface area contributed by atoms with Crippen molar-refractivity contribution in [2.24, 2.45) is 0 Å². The summed E-state index contributed by atoms with van der Waals surface area (Å²) < 4.78 is 25.2. The van der Waals surface area contributed by atoms with Gasteiger partial charge >= 0.3 is 0 Å². The Morgan fingerprint density at radius 1 is 1.31 bits per heavy atom. The number of rotatable bonds is 3. The minimum absolute atomic E-state index is 0.0308. The molecule has 90 valence electrons. The van der Waals surface area contributed by atoms with Crippen LogP contribution in [-0.2, 0) is 14.9 Å². The van der Waals surface area contributed by atoms with Gasteiger partial charge in [0.1, 0.15) is 4.90 Å². The second kappa shape index (κ2) is 5.20. The minimum atomic E-state index is -3.84. The van der Waals surface area contributed by atoms with Crippen LogP contribution in [0.3, 0.4) is 0 Å². The average molecular weight is 349 g/mol. The zero-order valence-corrected chi connectivity index (χ0v) is 12.3. The summed E-state index contributed by atoms with van der Waals surface area (Å²) in [6, 6.07) is 2.90. The molecule has 4 nitrogen and oxygen atoms in total. The van der Waals surface area contributed by atoms with Crippen molar-refractivity contribution in [2.45, 2.75) is 4.90 Å². The summed E-state index contributed by atoms with van der Waals surface area (Å²) in [4.78, 5) is 4.45. The van der Waals surface area contributed by atoms with Crippen molar-refractivity contribution >= 4 is 49.2 Å². The van der Waals surface area contributed by atoms with Crippen molar-refractivity contribution in [1.82, 2.24) is 4.47 Å². The Kier molecular flexibility index (Phi) is 4.62. The first-order valence-corrected chi connectivity index (χ1v) is 6.97. The van der Waals surface area contributed by atoms with Gasteiger partial charge in [-0.2, -0.15) is 0 Å². The van der Waals surface area contributed by atoms with Crippen LogP contribution in [0.1, 0.15) is 0 Å². The Balaban J connectivity index is 3.45. The number of hydrogen-bond donors (Lipinski definition) is 0. The molecule has 0 aliphatic carbocycles. The van der Waals surface area contributed by atoms with Crippen LogP contribution in [-0.4, -0.2) is 27.0 Å². The summed E-state index contributed by atoms with van der Waals surface area (Å²) in [6.07, 6.45) is 0. The van der Waals surface area contributed by atoms with Crippen LogP contribution in [0.4, 0.5) is 0 Å². The van der Waals surface area contributed by atoms with Gasteiger partial charge < -0.3 is 0 Å². The first-order valence-electron chi connectivity index (χ1n) is 3.98. The number of hydrogen-bond acceptors (Lipinski definition) is 3. The molecule has 1 rings (SSSR count). The van der Waals surface area contributed by atoms with E-state index in [1.807, 2.05) is 0 Å². The Labute approximate surface area is 112 Å². The van der Waals surface area contributed by atoms with Gasteiger partial charge in [-0.25, -0.2) is 8.42 Å². The molecule has 8 heteroatoms. The molecule has 0 radical (unpaired) electrons. The molecule has 1 aromatic carbocycles. The summed E-state index contributed by atoms with van der Waals surface area (Å²) in [7, 11) is -1.35. The largest absolute Gasteiger partial charge is 0.288 e. The van der Waals surface area contributed by atoms with E-state index < -0.39 is 10.0 Å². The van der Waals surface area contributed by atoms with Crippen molar-refractivity contribution in [2.75, 3.05) is 14.2 Å². The zero-order valence-electron chi connectivity index (χ0n) is 8.37. The molecule has 0 aliphatic rings. The fourth-order valence-corrected chi connectivity index (χ4v) is 3.86. The number of benzene rings is 1. The first-order chi connectivity index (χ1) is 7.30. The van der Waals surface area contributed by atoms with Crippen LogP contribution in [0.25, 0.3) is 0 Å². The van der Waals surface area contributed by atoms with Gasteiger partial charge in [0.25, 0.3) is 10.0 Å². The molecule has 0 bridgehead atoms. The molecule has 0 spiro atoms. The molecule has 0 N–H and O–H groups in total. The van der Waals surface area contributed by atoms with Gasteiger partial charge in [0.05, 0.1) is 17.2 Å². The van der Waals surface area contributed by atoms with Gasteiger partial charge in [0, 0.05) is 11.5 Å². The molecule has 0 saturated carbocycles. The lowest BCUT2D eigenvalue weighted by Gasteiger charge is -2.16. The molecule has 0 amide bonds. The molecule has 0 unspecified atom stereocenters. The molecule has 0 fully saturated rings. The van der Waals surface area contributed by atoms with E-state index in [-0.39, 0.29) is 14.9 Å². The van der Waals surface area contributed by atoms with Crippen molar-refractivity contribution in [1.29, 1.82) is 0 Å². The Bertz CT molecular complexity index is 483. The van der Waals surface area contributed by atoms with Crippen molar-refractivity contribution in [3.8, 4) is 0 Å². The maximum absolute atomic E-state index is 11.9. The fraction of sp³-hybridized carbons (Fsp3) is 0.250. The smallest absolute Gasteiger partial charge is 0.267 e. The van der Waals surface area contributed by atoms with E-state index in [9.17, 15) is 8.42 Å². The third-order valence-corrected chi connectivity index (χ3v) is 4.88. The van der Waals surface area contributed by atoms with E-state index in [1.54, 1.807) is 0 Å². The topological polar surface area (TPSA) is 46.6 Å². The van der Waals surface area contributed by atoms with Crippen LogP contribution in [0.2, 0.25) is 10.0 Å². The maximum atomic E-state index is 11.9. The predicted octanol–water partition coefficient (Wildman–Crippen LogP) is 2.94. The highest BCUT2D eigenvalue weighted by atomic mass is 79.9. The van der Waals surface area contributed by atoms with Crippen molar-refractivity contribution in [3.63, 3.8) is 0 Å². The summed E-state index contributed by atoms with van der Waals surface area (Å²) in [5.74, 6) is 0. The number of halogens is 3. The molecule has 0 aliphatic heterocycles. The highest BCUT2D eigenvalue weighted by Gasteiger charge is 2.27. The van der Waals surface area contributed by atoms with Gasteiger partial charge in [-0.05, 0) is 12.1 Å². The van der Waals surface area contributed by atoms with Crippen LogP contribution in [0.15, 0.2) is 21.5 Å². The first kappa shape index (κ1) is 14.2. The molecule has 0 saturated heterocycles. The van der Waals surface area contributed by atoms with Crippen molar-refractivity contribution < 1.29 is 13.3 Å². The lowest BCUT2D eigenvalue weighted by atomic mass is 10.4. The highest BCUT2D eigenvalue weighted by molar-refractivity contribution is 9.10. The quantitative estimate of drug-likeness (QED) is 0.789. The number of sulfonamides is 1. The second-order valence-electron chi connectivity index (χ2n) is 2.80. The van der Waals surface area contributed by atoms with Crippen molar-refractivity contribution in [3.05, 3.63) is 26.7 Å². The van der Waals surface area contributed by atoms with E-state index in [2.05, 4.69) is 20.8 Å². The van der Waals surface area contributed by atoms with Crippen LogP contribution in [0, 0.1) is 0 Å². The third-order valence-electron chi connectivity index (χ3n) is 1.82. The molecule has 0 heterocycles. The molecular formula is C8H8BrCl2NO3S. The number of nitrogens with zero attached hydrogens (tertiary/aromatic N) is 1. The molecule has 16 heavy (non-hydrogen) atoms. The lowest BCUT2D eigenvalue weighted by Crippen LogP contribution is -2.26. The van der Waals surface area contributed by atoms with E-state index in [0.717, 1.165) is 0 Å². The monoisotopic (exact) mass is 347 g/mol. The van der Waals surface area contributed by atoms with Gasteiger partial charge in [-0.1, -0.05) is 43.6 Å². The molecular weight excluding hydrogens is 341 g/mol. The zero-order chi connectivity index (χ0) is 12.5. The van der Waals surface area contributed by atoms with Crippen LogP contribution in [0.5, 0.6) is 0 Å². The Hall–Kier alpha value is 0.150. The third kappa shape index (κ3) is 2.69. The standard InChI is InChI=1S/C8H8BrCl2NO3S/c1-12(15-2)16(13,14)8-6(10)3-5(9)4-7(8)11/h3-4H,1-2H3. The average Bonchev–Trinajstić information content (AvgIpc) is 2.14. The van der Waals surface area contributed by atoms with Gasteiger partial charge in [-0.3, -0.25) is 4.84 Å². The normalized spacial score (nSPS) is 12.1. The summed E-state index contributed by atoms with van der Waals surface area (Å²) in [5, 5.41) is 0.0616. The van der Waals surface area contributed by atoms with E-state index >= 15 is 0 Å². The second-order valence-corrected chi connectivity index (χ2v) is 6.40. The van der Waals surface area contributed by atoms with Gasteiger partial charge in [0.2, 0.25) is 0 Å².